The maximum Gasteiger partial charge on any atom is 0.335 e. The number of carboxylic acids is 2. The van der Waals surface area contributed by atoms with Crippen LogP contribution < -0.4 is 0 Å². The summed E-state index contributed by atoms with van der Waals surface area (Å²) >= 11 is 0. The van der Waals surface area contributed by atoms with E-state index in [1.807, 2.05) is 0 Å². The molecule has 1 heterocycles. The highest BCUT2D eigenvalue weighted by atomic mass is 16.6. The van der Waals surface area contributed by atoms with Gasteiger partial charge in [0.25, 0.3) is 0 Å². The van der Waals surface area contributed by atoms with E-state index in [0.717, 1.165) is 0 Å². The van der Waals surface area contributed by atoms with Crippen molar-refractivity contribution in [3.8, 4) is 0 Å². The Morgan fingerprint density at radius 2 is 1.00 bits per heavy atom. The first-order valence-corrected chi connectivity index (χ1v) is 7.61. The van der Waals surface area contributed by atoms with Crippen molar-refractivity contribution < 1.29 is 48.2 Å². The smallest absolute Gasteiger partial charge is 0.335 e. The second-order valence-corrected chi connectivity index (χ2v) is 4.77. The number of hydrogen-bond donors (Lipinski definition) is 2. The fourth-order valence-electron chi connectivity index (χ4n) is 1.68. The summed E-state index contributed by atoms with van der Waals surface area (Å²) in [5.41, 5.74) is 0. The number of carboxylic acid groups (broad SMARTS) is 2. The highest BCUT2D eigenvalue weighted by Gasteiger charge is 2.24. The summed E-state index contributed by atoms with van der Waals surface area (Å²) in [4.78, 5) is 22.2. The lowest BCUT2D eigenvalue weighted by Gasteiger charge is -2.18. The van der Waals surface area contributed by atoms with Crippen LogP contribution >= 0.6 is 0 Å². The summed E-state index contributed by atoms with van der Waals surface area (Å²) < 4.78 is 31.1. The topological polar surface area (TPSA) is 130 Å². The molecule has 0 unspecified atom stereocenters. The number of aliphatic carboxylic acids is 2. The molecule has 0 aromatic carbocycles. The van der Waals surface area contributed by atoms with Crippen LogP contribution in [-0.2, 0) is 38.0 Å². The van der Waals surface area contributed by atoms with Gasteiger partial charge >= 0.3 is 11.9 Å². The number of rotatable bonds is 2. The summed E-state index contributed by atoms with van der Waals surface area (Å²) in [5, 5.41) is 18.1. The summed E-state index contributed by atoms with van der Waals surface area (Å²) in [6, 6.07) is 0. The normalized spacial score (nSPS) is 26.8. The molecule has 1 aliphatic heterocycles. The molecule has 0 aromatic rings. The molecule has 2 N–H and O–H groups in total. The lowest BCUT2D eigenvalue weighted by atomic mass is 10.3. The van der Waals surface area contributed by atoms with E-state index in [2.05, 4.69) is 0 Å². The first kappa shape index (κ1) is 20.7. The van der Waals surface area contributed by atoms with Crippen LogP contribution in [0.25, 0.3) is 0 Å². The predicted octanol–water partition coefficient (Wildman–Crippen LogP) is -0.994. The third-order valence-electron chi connectivity index (χ3n) is 2.93. The van der Waals surface area contributed by atoms with Gasteiger partial charge in [0.15, 0.2) is 12.2 Å². The van der Waals surface area contributed by atoms with Gasteiger partial charge in [-0.25, -0.2) is 9.59 Å². The van der Waals surface area contributed by atoms with Crippen molar-refractivity contribution in [3.63, 3.8) is 0 Å². The average Bonchev–Trinajstić information content (AvgIpc) is 2.54. The standard InChI is InChI=1S/C14H24O10/c15-13(16)11-9-22-6-5-20-2-1-19-3-4-21-7-8-23-12(10-24-11)14(17)18/h11-12H,1-10H2,(H,15,16)(H,17,18)/t11-,12-/m1/s1. The van der Waals surface area contributed by atoms with Gasteiger partial charge < -0.3 is 38.6 Å². The Kier molecular flexibility index (Phi) is 11.3. The van der Waals surface area contributed by atoms with E-state index >= 15 is 0 Å². The largest absolute Gasteiger partial charge is 0.479 e. The summed E-state index contributed by atoms with van der Waals surface area (Å²) in [7, 11) is 0. The number of ether oxygens (including phenoxy) is 6. The second-order valence-electron chi connectivity index (χ2n) is 4.77. The zero-order valence-electron chi connectivity index (χ0n) is 13.4. The summed E-state index contributed by atoms with van der Waals surface area (Å²) in [5.74, 6) is -2.49. The van der Waals surface area contributed by atoms with Gasteiger partial charge in [-0.05, 0) is 0 Å². The van der Waals surface area contributed by atoms with E-state index in [-0.39, 0.29) is 33.0 Å². The molecule has 140 valence electrons. The monoisotopic (exact) mass is 352 g/mol. The molecule has 1 aliphatic rings. The third kappa shape index (κ3) is 9.75. The van der Waals surface area contributed by atoms with Crippen LogP contribution in [0.1, 0.15) is 0 Å². The molecule has 0 saturated carbocycles. The molecule has 0 radical (unpaired) electrons. The maximum absolute atomic E-state index is 11.1. The van der Waals surface area contributed by atoms with Gasteiger partial charge in [-0.2, -0.15) is 0 Å². The highest BCUT2D eigenvalue weighted by molar-refractivity contribution is 5.73. The van der Waals surface area contributed by atoms with Crippen molar-refractivity contribution in [2.75, 3.05) is 66.1 Å². The van der Waals surface area contributed by atoms with Gasteiger partial charge in [-0.1, -0.05) is 0 Å². The van der Waals surface area contributed by atoms with E-state index < -0.39 is 30.8 Å². The van der Waals surface area contributed by atoms with E-state index in [4.69, 9.17) is 38.6 Å². The highest BCUT2D eigenvalue weighted by Crippen LogP contribution is 2.01. The van der Waals surface area contributed by atoms with Crippen molar-refractivity contribution >= 4 is 11.9 Å². The molecular weight excluding hydrogens is 328 g/mol. The molecular formula is C14H24O10. The van der Waals surface area contributed by atoms with E-state index in [1.54, 1.807) is 0 Å². The molecule has 1 fully saturated rings. The number of hydrogen-bond acceptors (Lipinski definition) is 8. The van der Waals surface area contributed by atoms with Crippen LogP contribution in [0.4, 0.5) is 0 Å². The van der Waals surface area contributed by atoms with Crippen molar-refractivity contribution in [1.82, 2.24) is 0 Å². The van der Waals surface area contributed by atoms with E-state index in [0.29, 0.717) is 26.4 Å². The molecule has 1 rings (SSSR count). The SMILES string of the molecule is O=C(O)[C@H]1COCCOCCOCCOCCO[C@@H](C(=O)O)CO1. The Bertz CT molecular complexity index is 327. The third-order valence-corrected chi connectivity index (χ3v) is 2.93. The Labute approximate surface area is 139 Å². The Morgan fingerprint density at radius 3 is 1.50 bits per heavy atom. The van der Waals surface area contributed by atoms with E-state index in [1.165, 1.54) is 0 Å². The molecule has 24 heavy (non-hydrogen) atoms. The minimum atomic E-state index is -1.28. The molecule has 1 saturated heterocycles. The van der Waals surface area contributed by atoms with Gasteiger partial charge in [0.1, 0.15) is 0 Å². The average molecular weight is 352 g/mol. The molecule has 0 aromatic heterocycles. The van der Waals surface area contributed by atoms with Crippen LogP contribution in [0, 0.1) is 0 Å². The quantitative estimate of drug-likeness (QED) is 0.638. The molecule has 0 bridgehead atoms. The Hall–Kier alpha value is -1.30. The molecule has 0 aliphatic carbocycles. The lowest BCUT2D eigenvalue weighted by molar-refractivity contribution is -0.168. The minimum absolute atomic E-state index is 0.0394. The zero-order chi connectivity index (χ0) is 17.6. The van der Waals surface area contributed by atoms with Crippen LogP contribution in [0.15, 0.2) is 0 Å². The molecule has 2 atom stereocenters. The first-order valence-electron chi connectivity index (χ1n) is 7.61. The van der Waals surface area contributed by atoms with Gasteiger partial charge in [-0.3, -0.25) is 0 Å². The Morgan fingerprint density at radius 1 is 0.583 bits per heavy atom. The fourth-order valence-corrected chi connectivity index (χ4v) is 1.68. The van der Waals surface area contributed by atoms with Gasteiger partial charge in [0, 0.05) is 0 Å². The number of carbonyl (C=O) groups is 2. The molecule has 0 spiro atoms. The molecule has 10 heteroatoms. The van der Waals surface area contributed by atoms with Gasteiger partial charge in [0.05, 0.1) is 66.1 Å². The van der Waals surface area contributed by atoms with Gasteiger partial charge in [-0.15, -0.1) is 0 Å². The van der Waals surface area contributed by atoms with Crippen LogP contribution in [0.2, 0.25) is 0 Å². The Balaban J connectivity index is 2.48. The zero-order valence-corrected chi connectivity index (χ0v) is 13.4. The lowest BCUT2D eigenvalue weighted by Crippen LogP contribution is -2.37. The summed E-state index contributed by atoms with van der Waals surface area (Å²) in [6.45, 7) is 1.62. The van der Waals surface area contributed by atoms with Gasteiger partial charge in [0.2, 0.25) is 0 Å². The van der Waals surface area contributed by atoms with Crippen molar-refractivity contribution in [2.45, 2.75) is 12.2 Å². The van der Waals surface area contributed by atoms with Crippen LogP contribution in [0.5, 0.6) is 0 Å². The van der Waals surface area contributed by atoms with Crippen molar-refractivity contribution in [1.29, 1.82) is 0 Å². The van der Waals surface area contributed by atoms with Crippen molar-refractivity contribution in [2.24, 2.45) is 0 Å². The van der Waals surface area contributed by atoms with E-state index in [9.17, 15) is 9.59 Å². The van der Waals surface area contributed by atoms with Crippen molar-refractivity contribution in [3.05, 3.63) is 0 Å². The second kappa shape index (κ2) is 13.0. The predicted molar refractivity (Wildman–Crippen MR) is 78.0 cm³/mol. The minimum Gasteiger partial charge on any atom is -0.479 e. The van der Waals surface area contributed by atoms with Crippen LogP contribution in [0.3, 0.4) is 0 Å². The first-order chi connectivity index (χ1) is 11.6. The maximum atomic E-state index is 11.1. The summed E-state index contributed by atoms with van der Waals surface area (Å²) in [6.07, 6.45) is -2.57. The fraction of sp³-hybridized carbons (Fsp3) is 0.857. The van der Waals surface area contributed by atoms with Crippen LogP contribution in [-0.4, -0.2) is 100 Å². The molecule has 0 amide bonds. The molecule has 10 nitrogen and oxygen atoms in total.